The maximum absolute atomic E-state index is 12.6. The highest BCUT2D eigenvalue weighted by atomic mass is 35.5. The maximum Gasteiger partial charge on any atom is 0.270 e. The summed E-state index contributed by atoms with van der Waals surface area (Å²) in [7, 11) is 0. The molecule has 1 aromatic carbocycles. The first-order valence-corrected chi connectivity index (χ1v) is 9.86. The Labute approximate surface area is 179 Å². The number of anilines is 1. The summed E-state index contributed by atoms with van der Waals surface area (Å²) in [5.74, 6) is 0.221. The lowest BCUT2D eigenvalue weighted by Crippen LogP contribution is -2.24. The van der Waals surface area contributed by atoms with Crippen molar-refractivity contribution in [3.05, 3.63) is 94.0 Å². The van der Waals surface area contributed by atoms with Crippen molar-refractivity contribution in [3.63, 3.8) is 0 Å². The molecule has 7 heteroatoms. The Hall–Kier alpha value is -3.51. The Kier molecular flexibility index (Phi) is 5.59. The van der Waals surface area contributed by atoms with E-state index in [2.05, 4.69) is 20.3 Å². The molecule has 0 saturated heterocycles. The maximum atomic E-state index is 12.6. The molecule has 0 bridgehead atoms. The minimum atomic E-state index is -0.239. The smallest absolute Gasteiger partial charge is 0.270 e. The minimum Gasteiger partial charge on any atom is -0.384 e. The van der Waals surface area contributed by atoms with Crippen LogP contribution in [0.3, 0.4) is 0 Å². The van der Waals surface area contributed by atoms with Crippen molar-refractivity contribution in [2.24, 2.45) is 0 Å². The van der Waals surface area contributed by atoms with Crippen LogP contribution >= 0.6 is 11.6 Å². The Bertz CT molecular complexity index is 1240. The second kappa shape index (κ2) is 8.47. The molecule has 0 aliphatic rings. The van der Waals surface area contributed by atoms with Crippen LogP contribution in [0.4, 0.5) is 5.82 Å². The Morgan fingerprint density at radius 1 is 1.10 bits per heavy atom. The Morgan fingerprint density at radius 3 is 2.80 bits per heavy atom. The molecule has 4 rings (SSSR count). The number of carbonyl (C=O) groups excluding carboxylic acids is 1. The molecule has 0 saturated carbocycles. The van der Waals surface area contributed by atoms with Crippen molar-refractivity contribution in [1.82, 2.24) is 20.3 Å². The van der Waals surface area contributed by atoms with Gasteiger partial charge in [-0.15, -0.1) is 0 Å². The summed E-state index contributed by atoms with van der Waals surface area (Å²) in [6.07, 6.45) is 2.39. The van der Waals surface area contributed by atoms with Crippen molar-refractivity contribution in [2.75, 3.05) is 5.73 Å². The van der Waals surface area contributed by atoms with E-state index in [4.69, 9.17) is 17.3 Å². The van der Waals surface area contributed by atoms with E-state index in [-0.39, 0.29) is 5.91 Å². The van der Waals surface area contributed by atoms with Crippen LogP contribution in [-0.4, -0.2) is 20.9 Å². The number of halogens is 1. The van der Waals surface area contributed by atoms with Gasteiger partial charge in [-0.2, -0.15) is 0 Å². The third-order valence-corrected chi connectivity index (χ3v) is 5.02. The van der Waals surface area contributed by atoms with Gasteiger partial charge >= 0.3 is 0 Å². The Balaban J connectivity index is 1.47. The quantitative estimate of drug-likeness (QED) is 0.510. The molecule has 4 aromatic rings. The van der Waals surface area contributed by atoms with Crippen LogP contribution in [0.5, 0.6) is 0 Å². The third kappa shape index (κ3) is 4.55. The molecule has 0 aliphatic heterocycles. The molecule has 3 N–H and O–H groups in total. The summed E-state index contributed by atoms with van der Waals surface area (Å²) in [6, 6.07) is 16.7. The van der Waals surface area contributed by atoms with Crippen LogP contribution in [0, 0.1) is 6.92 Å². The van der Waals surface area contributed by atoms with Gasteiger partial charge in [0.15, 0.2) is 0 Å². The van der Waals surface area contributed by atoms with E-state index in [0.29, 0.717) is 29.5 Å². The largest absolute Gasteiger partial charge is 0.384 e. The number of amides is 1. The van der Waals surface area contributed by atoms with Crippen LogP contribution in [0.2, 0.25) is 5.02 Å². The van der Waals surface area contributed by atoms with Gasteiger partial charge in [0.25, 0.3) is 5.91 Å². The highest BCUT2D eigenvalue weighted by Gasteiger charge is 2.10. The van der Waals surface area contributed by atoms with Crippen LogP contribution in [-0.2, 0) is 13.0 Å². The number of nitrogens with one attached hydrogen (secondary N) is 1. The fourth-order valence-electron chi connectivity index (χ4n) is 3.22. The molecule has 0 fully saturated rings. The second-order valence-corrected chi connectivity index (χ2v) is 7.47. The van der Waals surface area contributed by atoms with Crippen molar-refractivity contribution in [2.45, 2.75) is 19.9 Å². The van der Waals surface area contributed by atoms with Gasteiger partial charge in [0, 0.05) is 41.0 Å². The summed E-state index contributed by atoms with van der Waals surface area (Å²) >= 11 is 6.08. The number of hydrogen-bond donors (Lipinski definition) is 2. The number of rotatable bonds is 5. The predicted octanol–water partition coefficient (Wildman–Crippen LogP) is 4.09. The molecule has 0 unspecified atom stereocenters. The van der Waals surface area contributed by atoms with E-state index >= 15 is 0 Å². The first-order valence-electron chi connectivity index (χ1n) is 9.48. The number of aromatic nitrogens is 3. The zero-order chi connectivity index (χ0) is 21.1. The van der Waals surface area contributed by atoms with Crippen LogP contribution in [0.15, 0.2) is 60.8 Å². The number of pyridine rings is 3. The monoisotopic (exact) mass is 417 g/mol. The fraction of sp³-hybridized carbons (Fsp3) is 0.130. The van der Waals surface area contributed by atoms with Gasteiger partial charge < -0.3 is 11.1 Å². The SMILES string of the molecule is Cc1nc(N)ccc1CNC(=O)c1cccc(Cc2cnc3ccc(Cl)cc3c2)n1. The van der Waals surface area contributed by atoms with E-state index in [9.17, 15) is 4.79 Å². The van der Waals surface area contributed by atoms with Crippen LogP contribution < -0.4 is 11.1 Å². The molecule has 0 aliphatic carbocycles. The second-order valence-electron chi connectivity index (χ2n) is 7.03. The molecule has 30 heavy (non-hydrogen) atoms. The number of nitrogens with two attached hydrogens (primary N) is 1. The molecule has 0 radical (unpaired) electrons. The van der Waals surface area contributed by atoms with Crippen molar-refractivity contribution >= 4 is 34.2 Å². The average Bonchev–Trinajstić information content (AvgIpc) is 2.73. The molecule has 150 valence electrons. The van der Waals surface area contributed by atoms with Gasteiger partial charge in [-0.3, -0.25) is 9.78 Å². The first-order chi connectivity index (χ1) is 14.5. The number of hydrogen-bond acceptors (Lipinski definition) is 5. The summed E-state index contributed by atoms with van der Waals surface area (Å²) in [5, 5.41) is 4.53. The van der Waals surface area contributed by atoms with E-state index in [1.54, 1.807) is 12.1 Å². The van der Waals surface area contributed by atoms with Crippen molar-refractivity contribution in [3.8, 4) is 0 Å². The number of nitrogens with zero attached hydrogens (tertiary/aromatic N) is 3. The standard InChI is InChI=1S/C23H20ClN5O/c1-14-16(5-8-22(25)28-14)13-27-23(30)21-4-2-3-19(29-21)10-15-9-17-11-18(24)6-7-20(17)26-12-15/h2-9,11-12H,10,13H2,1H3,(H2,25,28)(H,27,30). The zero-order valence-electron chi connectivity index (χ0n) is 16.4. The van der Waals surface area contributed by atoms with E-state index in [1.807, 2.05) is 55.6 Å². The van der Waals surface area contributed by atoms with E-state index in [1.165, 1.54) is 0 Å². The van der Waals surface area contributed by atoms with Crippen molar-refractivity contribution < 1.29 is 4.79 Å². The molecule has 0 atom stereocenters. The zero-order valence-corrected chi connectivity index (χ0v) is 17.1. The summed E-state index contributed by atoms with van der Waals surface area (Å²) in [5.41, 5.74) is 10.4. The number of aryl methyl sites for hydroxylation is 1. The normalized spacial score (nSPS) is 10.9. The van der Waals surface area contributed by atoms with Gasteiger partial charge in [0.05, 0.1) is 5.52 Å². The summed E-state index contributed by atoms with van der Waals surface area (Å²) < 4.78 is 0. The topological polar surface area (TPSA) is 93.8 Å². The summed E-state index contributed by atoms with van der Waals surface area (Å²) in [6.45, 7) is 2.22. The number of fused-ring (bicyclic) bond motifs is 1. The number of carbonyl (C=O) groups is 1. The molecule has 0 spiro atoms. The van der Waals surface area contributed by atoms with E-state index < -0.39 is 0 Å². The van der Waals surface area contributed by atoms with Gasteiger partial charge in [-0.1, -0.05) is 23.7 Å². The van der Waals surface area contributed by atoms with Crippen molar-refractivity contribution in [1.29, 1.82) is 0 Å². The molecule has 3 heterocycles. The highest BCUT2D eigenvalue weighted by Crippen LogP contribution is 2.20. The molecular weight excluding hydrogens is 398 g/mol. The summed E-state index contributed by atoms with van der Waals surface area (Å²) in [4.78, 5) is 25.8. The van der Waals surface area contributed by atoms with E-state index in [0.717, 1.165) is 33.4 Å². The number of benzene rings is 1. The Morgan fingerprint density at radius 2 is 1.97 bits per heavy atom. The minimum absolute atomic E-state index is 0.239. The lowest BCUT2D eigenvalue weighted by atomic mass is 10.1. The molecular formula is C23H20ClN5O. The molecule has 3 aromatic heterocycles. The van der Waals surface area contributed by atoms with Crippen LogP contribution in [0.25, 0.3) is 10.9 Å². The van der Waals surface area contributed by atoms with Gasteiger partial charge in [0.2, 0.25) is 0 Å². The lowest BCUT2D eigenvalue weighted by molar-refractivity contribution is 0.0945. The average molecular weight is 418 g/mol. The van der Waals surface area contributed by atoms with Crippen LogP contribution in [0.1, 0.15) is 33.0 Å². The fourth-order valence-corrected chi connectivity index (χ4v) is 3.40. The van der Waals surface area contributed by atoms with Gasteiger partial charge in [-0.05, 0) is 60.5 Å². The predicted molar refractivity (Wildman–Crippen MR) is 118 cm³/mol. The third-order valence-electron chi connectivity index (χ3n) is 4.78. The van der Waals surface area contributed by atoms with Gasteiger partial charge in [0.1, 0.15) is 11.5 Å². The molecule has 6 nitrogen and oxygen atoms in total. The number of nitrogen functional groups attached to an aromatic ring is 1. The lowest BCUT2D eigenvalue weighted by Gasteiger charge is -2.09. The molecule has 1 amide bonds. The van der Waals surface area contributed by atoms with Gasteiger partial charge in [-0.25, -0.2) is 9.97 Å². The highest BCUT2D eigenvalue weighted by molar-refractivity contribution is 6.31. The first kappa shape index (κ1) is 19.8.